The van der Waals surface area contributed by atoms with Crippen LogP contribution in [0.3, 0.4) is 0 Å². The van der Waals surface area contributed by atoms with E-state index in [1.165, 1.54) is 0 Å². The van der Waals surface area contributed by atoms with Gasteiger partial charge in [0.05, 0.1) is 31.4 Å². The molecule has 0 unspecified atom stereocenters. The highest BCUT2D eigenvalue weighted by atomic mass is 16.5. The lowest BCUT2D eigenvalue weighted by Gasteiger charge is -2.30. The van der Waals surface area contributed by atoms with Crippen LogP contribution in [0.1, 0.15) is 48.7 Å². The molecule has 0 radical (unpaired) electrons. The number of aromatic nitrogens is 3. The number of nitrogens with zero attached hydrogens (tertiary/aromatic N) is 3. The van der Waals surface area contributed by atoms with Crippen LogP contribution in [-0.2, 0) is 29.0 Å². The normalized spacial score (nSPS) is 21.3. The average Bonchev–Trinajstić information content (AvgIpc) is 3.17. The number of ether oxygens (including phenoxy) is 1. The standard InChI is InChI=1S/C22H24N4O4/c27-21(12-19-17-3-1-2-4-20(17)30-25-19)23-15-5-7-16(8-6-15)26-22(28)11-14-13-29-10-9-18(14)24-26/h1-4,11,15-16H,5-10,12-13H2,(H,23,27). The minimum Gasteiger partial charge on any atom is -0.376 e. The van der Waals surface area contributed by atoms with Crippen molar-refractivity contribution in [1.29, 1.82) is 0 Å². The van der Waals surface area contributed by atoms with Gasteiger partial charge in [-0.25, -0.2) is 4.68 Å². The highest BCUT2D eigenvalue weighted by Crippen LogP contribution is 2.28. The first-order valence-corrected chi connectivity index (χ1v) is 10.5. The number of nitrogens with one attached hydrogen (secondary N) is 1. The van der Waals surface area contributed by atoms with Crippen molar-refractivity contribution < 1.29 is 14.1 Å². The monoisotopic (exact) mass is 408 g/mol. The number of fused-ring (bicyclic) bond motifs is 2. The third-order valence-corrected chi connectivity index (χ3v) is 6.05. The van der Waals surface area contributed by atoms with Crippen LogP contribution in [0.2, 0.25) is 0 Å². The van der Waals surface area contributed by atoms with E-state index >= 15 is 0 Å². The summed E-state index contributed by atoms with van der Waals surface area (Å²) in [6.45, 7) is 1.12. The maximum atomic E-state index is 12.5. The summed E-state index contributed by atoms with van der Waals surface area (Å²) in [7, 11) is 0. The molecule has 156 valence electrons. The largest absolute Gasteiger partial charge is 0.376 e. The van der Waals surface area contributed by atoms with Crippen molar-refractivity contribution in [1.82, 2.24) is 20.3 Å². The number of benzene rings is 1. The molecule has 0 bridgehead atoms. The zero-order chi connectivity index (χ0) is 20.5. The fraction of sp³-hybridized carbons (Fsp3) is 0.455. The van der Waals surface area contributed by atoms with E-state index in [0.29, 0.717) is 24.5 Å². The van der Waals surface area contributed by atoms with Gasteiger partial charge >= 0.3 is 0 Å². The van der Waals surface area contributed by atoms with E-state index in [0.717, 1.165) is 48.7 Å². The van der Waals surface area contributed by atoms with Gasteiger partial charge in [0.15, 0.2) is 5.58 Å². The van der Waals surface area contributed by atoms with Gasteiger partial charge in [0.2, 0.25) is 5.91 Å². The Morgan fingerprint density at radius 2 is 2.03 bits per heavy atom. The second kappa shape index (κ2) is 8.02. The quantitative estimate of drug-likeness (QED) is 0.711. The SMILES string of the molecule is O=C(Cc1noc2ccccc12)NC1CCC(n2nc3c(cc2=O)COCC3)CC1. The summed E-state index contributed by atoms with van der Waals surface area (Å²) in [6.07, 6.45) is 4.23. The molecular formula is C22H24N4O4. The smallest absolute Gasteiger partial charge is 0.267 e. The van der Waals surface area contributed by atoms with E-state index in [4.69, 9.17) is 9.26 Å². The topological polar surface area (TPSA) is 99.3 Å². The maximum absolute atomic E-state index is 12.5. The Labute approximate surface area is 173 Å². The van der Waals surface area contributed by atoms with E-state index < -0.39 is 0 Å². The lowest BCUT2D eigenvalue weighted by molar-refractivity contribution is -0.121. The number of hydrogen-bond donors (Lipinski definition) is 1. The van der Waals surface area contributed by atoms with Gasteiger partial charge in [-0.15, -0.1) is 0 Å². The molecule has 3 heterocycles. The summed E-state index contributed by atoms with van der Waals surface area (Å²) in [5.41, 5.74) is 3.16. The molecular weight excluding hydrogens is 384 g/mol. The third-order valence-electron chi connectivity index (χ3n) is 6.05. The van der Waals surface area contributed by atoms with Crippen molar-refractivity contribution in [2.45, 2.75) is 57.2 Å². The molecule has 8 heteroatoms. The molecule has 1 aliphatic carbocycles. The third kappa shape index (κ3) is 3.75. The Bertz CT molecular complexity index is 1130. The molecule has 1 amide bonds. The number of para-hydroxylation sites is 1. The van der Waals surface area contributed by atoms with Gasteiger partial charge in [-0.2, -0.15) is 5.10 Å². The predicted molar refractivity (Wildman–Crippen MR) is 109 cm³/mol. The highest BCUT2D eigenvalue weighted by Gasteiger charge is 2.26. The summed E-state index contributed by atoms with van der Waals surface area (Å²) in [4.78, 5) is 25.0. The van der Waals surface area contributed by atoms with E-state index in [9.17, 15) is 9.59 Å². The Balaban J connectivity index is 1.19. The molecule has 1 saturated carbocycles. The molecule has 0 saturated heterocycles. The maximum Gasteiger partial charge on any atom is 0.267 e. The molecule has 2 aromatic heterocycles. The number of carbonyl (C=O) groups excluding carboxylic acids is 1. The summed E-state index contributed by atoms with van der Waals surface area (Å²) in [6, 6.07) is 9.39. The molecule has 8 nitrogen and oxygen atoms in total. The molecule has 0 spiro atoms. The van der Waals surface area contributed by atoms with Crippen LogP contribution < -0.4 is 10.9 Å². The Kier molecular flexibility index (Phi) is 5.08. The summed E-state index contributed by atoms with van der Waals surface area (Å²) in [5, 5.41) is 12.6. The van der Waals surface area contributed by atoms with Gasteiger partial charge in [0.1, 0.15) is 5.69 Å². The van der Waals surface area contributed by atoms with Gasteiger partial charge < -0.3 is 14.6 Å². The molecule has 1 aromatic carbocycles. The average molecular weight is 408 g/mol. The van der Waals surface area contributed by atoms with Crippen LogP contribution in [0, 0.1) is 0 Å². The summed E-state index contributed by atoms with van der Waals surface area (Å²) >= 11 is 0. The molecule has 1 N–H and O–H groups in total. The molecule has 1 fully saturated rings. The fourth-order valence-corrected chi connectivity index (χ4v) is 4.45. The Morgan fingerprint density at radius 1 is 1.20 bits per heavy atom. The van der Waals surface area contributed by atoms with Gasteiger partial charge in [-0.05, 0) is 37.8 Å². The van der Waals surface area contributed by atoms with E-state index in [2.05, 4.69) is 15.6 Å². The van der Waals surface area contributed by atoms with Crippen molar-refractivity contribution in [3.63, 3.8) is 0 Å². The number of rotatable bonds is 4. The Morgan fingerprint density at radius 3 is 2.90 bits per heavy atom. The molecule has 30 heavy (non-hydrogen) atoms. The van der Waals surface area contributed by atoms with Crippen LogP contribution in [0.25, 0.3) is 11.0 Å². The minimum absolute atomic E-state index is 0.0541. The second-order valence-electron chi connectivity index (χ2n) is 8.08. The van der Waals surface area contributed by atoms with Crippen molar-refractivity contribution >= 4 is 16.9 Å². The van der Waals surface area contributed by atoms with Crippen LogP contribution in [0.4, 0.5) is 0 Å². The lowest BCUT2D eigenvalue weighted by Crippen LogP contribution is -2.40. The van der Waals surface area contributed by atoms with E-state index in [-0.39, 0.29) is 30.0 Å². The molecule has 2 aliphatic rings. The zero-order valence-corrected chi connectivity index (χ0v) is 16.7. The molecule has 3 aromatic rings. The predicted octanol–water partition coefficient (Wildman–Crippen LogP) is 2.30. The van der Waals surface area contributed by atoms with Gasteiger partial charge in [0.25, 0.3) is 5.56 Å². The second-order valence-corrected chi connectivity index (χ2v) is 8.08. The first kappa shape index (κ1) is 19.0. The highest BCUT2D eigenvalue weighted by molar-refractivity contribution is 5.86. The summed E-state index contributed by atoms with van der Waals surface area (Å²) < 4.78 is 12.3. The van der Waals surface area contributed by atoms with Crippen LogP contribution in [0.5, 0.6) is 0 Å². The van der Waals surface area contributed by atoms with E-state index in [1.807, 2.05) is 24.3 Å². The summed E-state index contributed by atoms with van der Waals surface area (Å²) in [5.74, 6) is -0.0541. The van der Waals surface area contributed by atoms with Gasteiger partial charge in [-0.3, -0.25) is 9.59 Å². The van der Waals surface area contributed by atoms with Crippen molar-refractivity contribution in [3.05, 3.63) is 57.6 Å². The van der Waals surface area contributed by atoms with E-state index in [1.54, 1.807) is 10.7 Å². The molecule has 5 rings (SSSR count). The minimum atomic E-state index is -0.0651. The first-order valence-electron chi connectivity index (χ1n) is 10.5. The van der Waals surface area contributed by atoms with Crippen LogP contribution >= 0.6 is 0 Å². The van der Waals surface area contributed by atoms with Gasteiger partial charge in [0, 0.05) is 29.5 Å². The number of carbonyl (C=O) groups is 1. The molecule has 1 aliphatic heterocycles. The first-order chi connectivity index (χ1) is 14.7. The van der Waals surface area contributed by atoms with Gasteiger partial charge in [-0.1, -0.05) is 17.3 Å². The van der Waals surface area contributed by atoms with Crippen molar-refractivity contribution in [2.24, 2.45) is 0 Å². The van der Waals surface area contributed by atoms with Crippen LogP contribution in [0.15, 0.2) is 39.6 Å². The van der Waals surface area contributed by atoms with Crippen molar-refractivity contribution in [3.8, 4) is 0 Å². The Hall–Kier alpha value is -3.00. The fourth-order valence-electron chi connectivity index (χ4n) is 4.45. The molecule has 0 atom stereocenters. The lowest BCUT2D eigenvalue weighted by atomic mass is 9.91. The zero-order valence-electron chi connectivity index (χ0n) is 16.7. The number of amides is 1. The van der Waals surface area contributed by atoms with Crippen molar-refractivity contribution in [2.75, 3.05) is 6.61 Å². The van der Waals surface area contributed by atoms with Crippen LogP contribution in [-0.4, -0.2) is 33.5 Å². The number of hydrogen-bond acceptors (Lipinski definition) is 6.